The van der Waals surface area contributed by atoms with Gasteiger partial charge in [0.15, 0.2) is 0 Å². The first-order valence-electron chi connectivity index (χ1n) is 8.41. The molecule has 0 radical (unpaired) electrons. The van der Waals surface area contributed by atoms with Crippen molar-refractivity contribution in [1.29, 1.82) is 0 Å². The van der Waals surface area contributed by atoms with Gasteiger partial charge in [-0.3, -0.25) is 4.57 Å². The molecule has 0 aliphatic rings. The van der Waals surface area contributed by atoms with Gasteiger partial charge in [0.1, 0.15) is 6.33 Å². The van der Waals surface area contributed by atoms with Crippen molar-refractivity contribution in [2.24, 2.45) is 5.73 Å². The molecule has 0 atom stereocenters. The molecule has 3 heterocycles. The van der Waals surface area contributed by atoms with Crippen LogP contribution in [0.15, 0.2) is 47.3 Å². The lowest BCUT2D eigenvalue weighted by Crippen LogP contribution is -2.27. The molecule has 0 amide bonds. The molecule has 0 spiro atoms. The average molecular weight is 408 g/mol. The number of nitrogens with two attached hydrogens (primary N) is 1. The minimum atomic E-state index is -1.88. The highest BCUT2D eigenvalue weighted by atomic mass is 32.1. The van der Waals surface area contributed by atoms with Gasteiger partial charge in [0.25, 0.3) is 6.08 Å². The summed E-state index contributed by atoms with van der Waals surface area (Å²) in [5.41, 5.74) is 5.32. The van der Waals surface area contributed by atoms with E-state index >= 15 is 0 Å². The Morgan fingerprint density at radius 2 is 2.04 bits per heavy atom. The van der Waals surface area contributed by atoms with Gasteiger partial charge in [0, 0.05) is 39.8 Å². The molecule has 0 saturated heterocycles. The zero-order chi connectivity index (χ0) is 20.1. The van der Waals surface area contributed by atoms with Crippen LogP contribution in [0.1, 0.15) is 11.8 Å². The van der Waals surface area contributed by atoms with Crippen LogP contribution < -0.4 is 16.2 Å². The van der Waals surface area contributed by atoms with Crippen LogP contribution in [0.3, 0.4) is 0 Å². The van der Waals surface area contributed by atoms with Crippen molar-refractivity contribution >= 4 is 11.3 Å². The quantitative estimate of drug-likeness (QED) is 0.613. The fourth-order valence-electron chi connectivity index (χ4n) is 2.40. The van der Waals surface area contributed by atoms with Crippen LogP contribution in [0, 0.1) is 0 Å². The number of halogens is 2. The number of aromatic nitrogens is 5. The van der Waals surface area contributed by atoms with E-state index in [1.165, 1.54) is 22.2 Å². The number of hydrogen-bond donors (Lipinski definition) is 1. The third-order valence-corrected chi connectivity index (χ3v) is 4.94. The second-order valence-electron chi connectivity index (χ2n) is 5.72. The van der Waals surface area contributed by atoms with E-state index in [1.54, 1.807) is 12.4 Å². The summed E-state index contributed by atoms with van der Waals surface area (Å²) in [7, 11) is 0. The third-order valence-electron chi connectivity index (χ3n) is 3.83. The van der Waals surface area contributed by atoms with Gasteiger partial charge in [0.2, 0.25) is 0 Å². The summed E-state index contributed by atoms with van der Waals surface area (Å²) in [4.78, 5) is 22.5. The van der Waals surface area contributed by atoms with E-state index in [-0.39, 0.29) is 25.2 Å². The van der Waals surface area contributed by atoms with Gasteiger partial charge in [-0.2, -0.15) is 13.9 Å². The molecule has 8 nitrogen and oxygen atoms in total. The van der Waals surface area contributed by atoms with Crippen LogP contribution in [-0.2, 0) is 13.1 Å². The summed E-state index contributed by atoms with van der Waals surface area (Å²) in [5.74, 6) is 0. The van der Waals surface area contributed by atoms with Crippen LogP contribution in [-0.4, -0.2) is 37.5 Å². The van der Waals surface area contributed by atoms with Crippen LogP contribution in [0.5, 0.6) is 6.01 Å². The van der Waals surface area contributed by atoms with E-state index in [4.69, 9.17) is 10.5 Å². The average Bonchev–Trinajstić information content (AvgIpc) is 3.28. The van der Waals surface area contributed by atoms with Gasteiger partial charge < -0.3 is 10.5 Å². The highest BCUT2D eigenvalue weighted by Gasteiger charge is 2.12. The van der Waals surface area contributed by atoms with Gasteiger partial charge in [-0.1, -0.05) is 0 Å². The summed E-state index contributed by atoms with van der Waals surface area (Å²) in [6.45, 7) is 1.96. The number of ether oxygens (including phenoxy) is 1. The van der Waals surface area contributed by atoms with Gasteiger partial charge in [-0.25, -0.2) is 19.4 Å². The molecule has 3 aromatic rings. The number of hydrogen-bond acceptors (Lipinski definition) is 7. The Balaban J connectivity index is 1.73. The second kappa shape index (κ2) is 8.85. The second-order valence-corrected chi connectivity index (χ2v) is 6.89. The van der Waals surface area contributed by atoms with Crippen LogP contribution in [0.4, 0.5) is 8.78 Å². The molecule has 0 bridgehead atoms. The summed E-state index contributed by atoms with van der Waals surface area (Å²) >= 11 is 1.47. The van der Waals surface area contributed by atoms with Gasteiger partial charge in [-0.15, -0.1) is 11.3 Å². The standard InChI is InChI=1S/C17H18F2N6O2S/c1-2-27-16-21-6-12(7-22-16)14-4-3-13(28-14)9-24-10-23-25(17(24)26)8-11(5-20)15(18)19/h3-4,6-7,10H,2,5,8-9,20H2,1H3. The fraction of sp³-hybridized carbons (Fsp3) is 0.294. The summed E-state index contributed by atoms with van der Waals surface area (Å²) in [6.07, 6.45) is 2.78. The lowest BCUT2D eigenvalue weighted by Gasteiger charge is -2.02. The Labute approximate surface area is 162 Å². The molecule has 0 aliphatic carbocycles. The van der Waals surface area contributed by atoms with E-state index in [2.05, 4.69) is 15.1 Å². The maximum Gasteiger partial charge on any atom is 0.346 e. The maximum absolute atomic E-state index is 12.7. The van der Waals surface area contributed by atoms with E-state index in [0.29, 0.717) is 12.6 Å². The minimum Gasteiger partial charge on any atom is -0.464 e. The maximum atomic E-state index is 12.7. The highest BCUT2D eigenvalue weighted by molar-refractivity contribution is 7.15. The molecule has 0 saturated carbocycles. The van der Waals surface area contributed by atoms with Crippen molar-refractivity contribution in [2.45, 2.75) is 20.0 Å². The van der Waals surface area contributed by atoms with Crippen molar-refractivity contribution in [1.82, 2.24) is 24.3 Å². The molecule has 11 heteroatoms. The van der Waals surface area contributed by atoms with Gasteiger partial charge in [0.05, 0.1) is 19.7 Å². The topological polar surface area (TPSA) is 101 Å². The van der Waals surface area contributed by atoms with Crippen LogP contribution in [0.2, 0.25) is 0 Å². The Morgan fingerprint density at radius 1 is 1.29 bits per heavy atom. The van der Waals surface area contributed by atoms with E-state index < -0.39 is 11.8 Å². The lowest BCUT2D eigenvalue weighted by atomic mass is 10.3. The zero-order valence-electron chi connectivity index (χ0n) is 15.0. The SMILES string of the molecule is CCOc1ncc(-c2ccc(Cn3cnn(CC(CN)=C(F)F)c3=O)s2)cn1. The smallest absolute Gasteiger partial charge is 0.346 e. The zero-order valence-corrected chi connectivity index (χ0v) is 15.8. The van der Waals surface area contributed by atoms with Crippen molar-refractivity contribution in [3.8, 4) is 16.5 Å². The molecule has 0 unspecified atom stereocenters. The highest BCUT2D eigenvalue weighted by Crippen LogP contribution is 2.28. The predicted octanol–water partition coefficient (Wildman–Crippen LogP) is 2.12. The number of nitrogens with zero attached hydrogens (tertiary/aromatic N) is 5. The van der Waals surface area contributed by atoms with Crippen LogP contribution >= 0.6 is 11.3 Å². The molecular formula is C17H18F2N6O2S. The van der Waals surface area contributed by atoms with E-state index in [9.17, 15) is 13.6 Å². The summed E-state index contributed by atoms with van der Waals surface area (Å²) in [6, 6.07) is 4.10. The minimum absolute atomic E-state index is 0.279. The summed E-state index contributed by atoms with van der Waals surface area (Å²) in [5, 5.41) is 3.89. The molecule has 3 aromatic heterocycles. The molecular weight excluding hydrogens is 390 g/mol. The Bertz CT molecular complexity index is 1020. The molecule has 3 rings (SSSR count). The Morgan fingerprint density at radius 3 is 2.68 bits per heavy atom. The number of rotatable bonds is 8. The first kappa shape index (κ1) is 19.8. The first-order chi connectivity index (χ1) is 13.5. The summed E-state index contributed by atoms with van der Waals surface area (Å²) < 4.78 is 33.0. The van der Waals surface area contributed by atoms with Crippen molar-refractivity contribution in [2.75, 3.05) is 13.2 Å². The molecule has 2 N–H and O–H groups in total. The molecule has 0 aromatic carbocycles. The lowest BCUT2D eigenvalue weighted by molar-refractivity contribution is 0.312. The fourth-order valence-corrected chi connectivity index (χ4v) is 3.39. The van der Waals surface area contributed by atoms with Crippen molar-refractivity contribution < 1.29 is 13.5 Å². The van der Waals surface area contributed by atoms with Gasteiger partial charge >= 0.3 is 11.7 Å². The van der Waals surface area contributed by atoms with E-state index in [0.717, 1.165) is 20.0 Å². The van der Waals surface area contributed by atoms with Crippen molar-refractivity contribution in [3.63, 3.8) is 0 Å². The molecule has 0 fully saturated rings. The van der Waals surface area contributed by atoms with Crippen LogP contribution in [0.25, 0.3) is 10.4 Å². The van der Waals surface area contributed by atoms with Gasteiger partial charge in [-0.05, 0) is 19.1 Å². The third kappa shape index (κ3) is 4.49. The molecule has 28 heavy (non-hydrogen) atoms. The Hall–Kier alpha value is -2.92. The first-order valence-corrected chi connectivity index (χ1v) is 9.22. The number of thiophene rings is 1. The van der Waals surface area contributed by atoms with Crippen molar-refractivity contribution in [3.05, 3.63) is 57.9 Å². The molecule has 0 aliphatic heterocycles. The normalized spacial score (nSPS) is 10.9. The predicted molar refractivity (Wildman–Crippen MR) is 100 cm³/mol. The Kier molecular flexibility index (Phi) is 6.26. The monoisotopic (exact) mass is 408 g/mol. The van der Waals surface area contributed by atoms with E-state index in [1.807, 2.05) is 19.1 Å². The largest absolute Gasteiger partial charge is 0.464 e. The molecule has 148 valence electrons.